The summed E-state index contributed by atoms with van der Waals surface area (Å²) < 4.78 is 0. The Morgan fingerprint density at radius 1 is 1.33 bits per heavy atom. The molecule has 3 unspecified atom stereocenters. The Bertz CT molecular complexity index is 99.0. The van der Waals surface area contributed by atoms with Gasteiger partial charge in [0.15, 0.2) is 0 Å². The lowest BCUT2D eigenvalue weighted by atomic mass is 10.3. The maximum atomic E-state index is 8.30. The van der Waals surface area contributed by atoms with Crippen LogP contribution in [-0.2, 0) is 4.89 Å². The molecule has 1 saturated carbocycles. The minimum absolute atomic E-state index is 0.0330. The summed E-state index contributed by atoms with van der Waals surface area (Å²) in [5.74, 6) is 0. The monoisotopic (exact) mass is 258 g/mol. The molecule has 0 aliphatic heterocycles. The van der Waals surface area contributed by atoms with E-state index in [4.69, 9.17) is 5.26 Å². The van der Waals surface area contributed by atoms with E-state index < -0.39 is 0 Å². The molecule has 1 rings (SSSR count). The number of halogens is 2. The zero-order valence-electron chi connectivity index (χ0n) is 4.76. The molecule has 0 aromatic carbocycles. The highest BCUT2D eigenvalue weighted by Gasteiger charge is 2.33. The molecule has 0 amide bonds. The molecular formula is C5H8Br2O2. The summed E-state index contributed by atoms with van der Waals surface area (Å²) in [5.41, 5.74) is 0. The second kappa shape index (κ2) is 3.32. The van der Waals surface area contributed by atoms with E-state index in [-0.39, 0.29) is 10.9 Å². The van der Waals surface area contributed by atoms with Gasteiger partial charge >= 0.3 is 0 Å². The molecule has 0 radical (unpaired) electrons. The largest absolute Gasteiger partial charge is 0.251 e. The van der Waals surface area contributed by atoms with Crippen LogP contribution in [0.1, 0.15) is 12.8 Å². The van der Waals surface area contributed by atoms with Crippen molar-refractivity contribution >= 4 is 31.9 Å². The van der Waals surface area contributed by atoms with Gasteiger partial charge in [-0.2, -0.15) is 0 Å². The second-order valence-corrected chi connectivity index (χ2v) is 4.42. The van der Waals surface area contributed by atoms with Gasteiger partial charge in [-0.05, 0) is 12.8 Å². The van der Waals surface area contributed by atoms with E-state index in [1.165, 1.54) is 0 Å². The molecule has 0 aromatic heterocycles. The van der Waals surface area contributed by atoms with Crippen LogP contribution in [0.3, 0.4) is 0 Å². The molecule has 9 heavy (non-hydrogen) atoms. The standard InChI is InChI=1S/C5H8Br2O2/c6-3-1-2-4(9-8)5(3)7/h3-5,8H,1-2H2. The third-order valence-electron chi connectivity index (χ3n) is 1.56. The quantitative estimate of drug-likeness (QED) is 0.444. The van der Waals surface area contributed by atoms with Crippen LogP contribution in [0.25, 0.3) is 0 Å². The molecule has 1 N–H and O–H groups in total. The Labute approximate surface area is 70.8 Å². The Kier molecular flexibility index (Phi) is 2.95. The molecule has 3 atom stereocenters. The smallest absolute Gasteiger partial charge is 0.106 e. The summed E-state index contributed by atoms with van der Waals surface area (Å²) in [6, 6.07) is 0. The molecule has 0 heterocycles. The lowest BCUT2D eigenvalue weighted by Gasteiger charge is -2.10. The van der Waals surface area contributed by atoms with Crippen LogP contribution < -0.4 is 0 Å². The van der Waals surface area contributed by atoms with E-state index in [1.54, 1.807) is 0 Å². The van der Waals surface area contributed by atoms with Crippen LogP contribution in [0.5, 0.6) is 0 Å². The third kappa shape index (κ3) is 1.67. The lowest BCUT2D eigenvalue weighted by molar-refractivity contribution is -0.274. The Morgan fingerprint density at radius 3 is 2.22 bits per heavy atom. The number of hydrogen-bond donors (Lipinski definition) is 1. The van der Waals surface area contributed by atoms with Crippen molar-refractivity contribution in [2.45, 2.75) is 28.6 Å². The average molecular weight is 260 g/mol. The van der Waals surface area contributed by atoms with Crippen molar-refractivity contribution in [3.8, 4) is 0 Å². The van der Waals surface area contributed by atoms with Crippen LogP contribution in [-0.4, -0.2) is 21.0 Å². The Balaban J connectivity index is 2.41. The summed E-state index contributed by atoms with van der Waals surface area (Å²) in [5, 5.41) is 8.30. The maximum Gasteiger partial charge on any atom is 0.106 e. The molecule has 54 valence electrons. The molecule has 0 aromatic rings. The summed E-state index contributed by atoms with van der Waals surface area (Å²) in [6.07, 6.45) is 1.94. The molecule has 0 spiro atoms. The van der Waals surface area contributed by atoms with E-state index in [1.807, 2.05) is 0 Å². The van der Waals surface area contributed by atoms with Crippen molar-refractivity contribution < 1.29 is 10.1 Å². The van der Waals surface area contributed by atoms with Crippen molar-refractivity contribution in [2.75, 3.05) is 0 Å². The van der Waals surface area contributed by atoms with Crippen LogP contribution in [0.2, 0.25) is 0 Å². The van der Waals surface area contributed by atoms with E-state index in [0.29, 0.717) is 4.83 Å². The summed E-state index contributed by atoms with van der Waals surface area (Å²) in [7, 11) is 0. The van der Waals surface area contributed by atoms with Gasteiger partial charge in [-0.3, -0.25) is 5.26 Å². The molecule has 2 nitrogen and oxygen atoms in total. The highest BCUT2D eigenvalue weighted by Crippen LogP contribution is 2.33. The zero-order chi connectivity index (χ0) is 6.85. The molecule has 4 heteroatoms. The van der Waals surface area contributed by atoms with Gasteiger partial charge < -0.3 is 0 Å². The van der Waals surface area contributed by atoms with E-state index >= 15 is 0 Å². The van der Waals surface area contributed by atoms with Gasteiger partial charge in [0.25, 0.3) is 0 Å². The molecule has 0 bridgehead atoms. The highest BCUT2D eigenvalue weighted by atomic mass is 79.9. The SMILES string of the molecule is OOC1CCC(Br)C1Br. The topological polar surface area (TPSA) is 29.5 Å². The first kappa shape index (κ1) is 7.98. The normalized spacial score (nSPS) is 43.7. The van der Waals surface area contributed by atoms with Crippen molar-refractivity contribution in [3.05, 3.63) is 0 Å². The predicted molar refractivity (Wildman–Crippen MR) is 42.2 cm³/mol. The van der Waals surface area contributed by atoms with Gasteiger partial charge in [-0.15, -0.1) is 0 Å². The van der Waals surface area contributed by atoms with E-state index in [2.05, 4.69) is 36.7 Å². The van der Waals surface area contributed by atoms with Crippen LogP contribution in [0, 0.1) is 0 Å². The minimum Gasteiger partial charge on any atom is -0.251 e. The number of hydrogen-bond acceptors (Lipinski definition) is 2. The van der Waals surface area contributed by atoms with E-state index in [0.717, 1.165) is 12.8 Å². The van der Waals surface area contributed by atoms with Gasteiger partial charge in [0, 0.05) is 4.83 Å². The van der Waals surface area contributed by atoms with Crippen LogP contribution in [0.15, 0.2) is 0 Å². The van der Waals surface area contributed by atoms with Gasteiger partial charge in [0.05, 0.1) is 4.83 Å². The average Bonchev–Trinajstić information content (AvgIpc) is 2.15. The first-order valence-corrected chi connectivity index (χ1v) is 4.67. The van der Waals surface area contributed by atoms with Gasteiger partial charge in [0.1, 0.15) is 6.10 Å². The highest BCUT2D eigenvalue weighted by molar-refractivity contribution is 9.12. The molecular weight excluding hydrogens is 252 g/mol. The van der Waals surface area contributed by atoms with Crippen molar-refractivity contribution in [1.82, 2.24) is 0 Å². The van der Waals surface area contributed by atoms with Gasteiger partial charge in [-0.25, -0.2) is 4.89 Å². The number of rotatable bonds is 1. The minimum atomic E-state index is -0.0330. The first-order valence-electron chi connectivity index (χ1n) is 2.84. The fourth-order valence-corrected chi connectivity index (χ4v) is 2.22. The third-order valence-corrected chi connectivity index (χ3v) is 4.53. The van der Waals surface area contributed by atoms with Crippen LogP contribution >= 0.6 is 31.9 Å². The van der Waals surface area contributed by atoms with Gasteiger partial charge in [0.2, 0.25) is 0 Å². The van der Waals surface area contributed by atoms with Crippen molar-refractivity contribution in [2.24, 2.45) is 0 Å². The first-order chi connectivity index (χ1) is 4.25. The second-order valence-electron chi connectivity index (χ2n) is 2.18. The van der Waals surface area contributed by atoms with Crippen molar-refractivity contribution in [3.63, 3.8) is 0 Å². The molecule has 1 fully saturated rings. The Morgan fingerprint density at radius 2 is 2.00 bits per heavy atom. The lowest BCUT2D eigenvalue weighted by Crippen LogP contribution is -2.20. The predicted octanol–water partition coefficient (Wildman–Crippen LogP) is 2.17. The zero-order valence-corrected chi connectivity index (χ0v) is 7.93. The maximum absolute atomic E-state index is 8.30. The summed E-state index contributed by atoms with van der Waals surface area (Å²) >= 11 is 6.85. The Hall–Kier alpha value is 0.880. The molecule has 1 aliphatic rings. The summed E-state index contributed by atoms with van der Waals surface area (Å²) in [4.78, 5) is 4.91. The van der Waals surface area contributed by atoms with Crippen molar-refractivity contribution in [1.29, 1.82) is 0 Å². The van der Waals surface area contributed by atoms with Crippen LogP contribution in [0.4, 0.5) is 0 Å². The van der Waals surface area contributed by atoms with E-state index in [9.17, 15) is 0 Å². The summed E-state index contributed by atoms with van der Waals surface area (Å²) in [6.45, 7) is 0. The molecule has 0 saturated heterocycles. The fraction of sp³-hybridized carbons (Fsp3) is 1.00. The fourth-order valence-electron chi connectivity index (χ4n) is 0.986. The van der Waals surface area contributed by atoms with Gasteiger partial charge in [-0.1, -0.05) is 31.9 Å². The molecule has 1 aliphatic carbocycles. The number of alkyl halides is 2.